The minimum Gasteiger partial charge on any atom is -0.508 e. The van der Waals surface area contributed by atoms with Gasteiger partial charge in [-0.15, -0.1) is 0 Å². The quantitative estimate of drug-likeness (QED) is 0.837. The second kappa shape index (κ2) is 5.19. The fourth-order valence-electron chi connectivity index (χ4n) is 2.31. The molecule has 1 aliphatic heterocycles. The van der Waals surface area contributed by atoms with E-state index in [2.05, 4.69) is 4.90 Å². The van der Waals surface area contributed by atoms with Crippen LogP contribution in [0.25, 0.3) is 0 Å². The fourth-order valence-corrected chi connectivity index (χ4v) is 2.31. The molecule has 0 saturated carbocycles. The number of piperidine rings is 1. The van der Waals surface area contributed by atoms with E-state index in [0.29, 0.717) is 13.1 Å². The molecule has 1 saturated heterocycles. The summed E-state index contributed by atoms with van der Waals surface area (Å²) in [7, 11) is 0. The Hall–Kier alpha value is -1.55. The van der Waals surface area contributed by atoms with E-state index >= 15 is 0 Å². The van der Waals surface area contributed by atoms with Crippen LogP contribution >= 0.6 is 0 Å². The molecule has 92 valence electrons. The number of likely N-dealkylation sites (tertiary alicyclic amines) is 1. The maximum Gasteiger partial charge on any atom is 0.307 e. The molecule has 1 aromatic rings. The molecule has 0 unspecified atom stereocenters. The van der Waals surface area contributed by atoms with Gasteiger partial charge in [0.2, 0.25) is 0 Å². The van der Waals surface area contributed by atoms with Gasteiger partial charge in [0, 0.05) is 13.1 Å². The number of carboxylic acids is 1. The molecule has 0 amide bonds. The molecule has 1 aromatic carbocycles. The number of phenolic OH excluding ortho intramolecular Hbond substituents is 1. The summed E-state index contributed by atoms with van der Waals surface area (Å²) in [5.41, 5.74) is 1.02. The van der Waals surface area contributed by atoms with E-state index in [1.807, 2.05) is 12.1 Å². The van der Waals surface area contributed by atoms with Crippen molar-refractivity contribution in [1.82, 2.24) is 4.90 Å². The summed E-state index contributed by atoms with van der Waals surface area (Å²) in [5, 5.41) is 18.4. The second-order valence-corrected chi connectivity index (χ2v) is 4.58. The van der Waals surface area contributed by atoms with Crippen LogP contribution in [0.2, 0.25) is 0 Å². The van der Waals surface area contributed by atoms with Crippen LogP contribution in [0.1, 0.15) is 18.4 Å². The number of carboxylic acid groups (broad SMARTS) is 1. The van der Waals surface area contributed by atoms with Gasteiger partial charge in [0.25, 0.3) is 0 Å². The number of hydrogen-bond acceptors (Lipinski definition) is 3. The summed E-state index contributed by atoms with van der Waals surface area (Å²) in [4.78, 5) is 13.1. The highest BCUT2D eigenvalue weighted by atomic mass is 16.4. The molecule has 17 heavy (non-hydrogen) atoms. The van der Waals surface area contributed by atoms with Crippen molar-refractivity contribution < 1.29 is 15.0 Å². The van der Waals surface area contributed by atoms with Gasteiger partial charge in [-0.1, -0.05) is 12.1 Å². The lowest BCUT2D eigenvalue weighted by Crippen LogP contribution is -2.38. The molecule has 4 heteroatoms. The molecule has 0 radical (unpaired) electrons. The normalized spacial score (nSPS) is 21.3. The van der Waals surface area contributed by atoms with Crippen LogP contribution in [0.5, 0.6) is 5.75 Å². The average molecular weight is 235 g/mol. The molecule has 1 atom stereocenters. The molecule has 1 aliphatic rings. The molecule has 0 aromatic heterocycles. The highest BCUT2D eigenvalue weighted by Gasteiger charge is 2.25. The Balaban J connectivity index is 1.97. The van der Waals surface area contributed by atoms with Crippen LogP contribution in [0.15, 0.2) is 24.3 Å². The molecule has 0 spiro atoms. The third kappa shape index (κ3) is 3.20. The Morgan fingerprint density at radius 1 is 1.47 bits per heavy atom. The number of nitrogens with zero attached hydrogens (tertiary/aromatic N) is 1. The third-order valence-corrected chi connectivity index (χ3v) is 3.17. The number of rotatable bonds is 3. The second-order valence-electron chi connectivity index (χ2n) is 4.58. The van der Waals surface area contributed by atoms with Crippen molar-refractivity contribution in [3.05, 3.63) is 29.8 Å². The monoisotopic (exact) mass is 235 g/mol. The first-order valence-electron chi connectivity index (χ1n) is 5.88. The zero-order valence-corrected chi connectivity index (χ0v) is 9.67. The number of aromatic hydroxyl groups is 1. The Morgan fingerprint density at radius 3 is 3.00 bits per heavy atom. The number of carbonyl (C=O) groups is 1. The fraction of sp³-hybridized carbons (Fsp3) is 0.462. The van der Waals surface area contributed by atoms with E-state index in [-0.39, 0.29) is 11.7 Å². The van der Waals surface area contributed by atoms with Crippen LogP contribution in [0.3, 0.4) is 0 Å². The summed E-state index contributed by atoms with van der Waals surface area (Å²) in [5.74, 6) is -0.694. The number of aliphatic carboxylic acids is 1. The number of hydrogen-bond donors (Lipinski definition) is 2. The lowest BCUT2D eigenvalue weighted by molar-refractivity contribution is -0.143. The van der Waals surface area contributed by atoms with Crippen LogP contribution in [0.4, 0.5) is 0 Å². The lowest BCUT2D eigenvalue weighted by atomic mass is 9.98. The zero-order valence-electron chi connectivity index (χ0n) is 9.67. The Labute approximate surface area is 100 Å². The minimum absolute atomic E-state index is 0.249. The van der Waals surface area contributed by atoms with Crippen LogP contribution in [-0.4, -0.2) is 34.2 Å². The summed E-state index contributed by atoms with van der Waals surface area (Å²) >= 11 is 0. The lowest BCUT2D eigenvalue weighted by Gasteiger charge is -2.30. The predicted molar refractivity (Wildman–Crippen MR) is 63.7 cm³/mol. The SMILES string of the molecule is O=C(O)[C@@H]1CCCN(Cc2cccc(O)c2)C1. The summed E-state index contributed by atoms with van der Waals surface area (Å²) in [6.07, 6.45) is 1.70. The Kier molecular flexibility index (Phi) is 3.64. The predicted octanol–water partition coefficient (Wildman–Crippen LogP) is 1.69. The minimum atomic E-state index is -0.703. The first kappa shape index (κ1) is 11.9. The molecule has 0 aliphatic carbocycles. The van der Waals surface area contributed by atoms with Gasteiger partial charge in [-0.2, -0.15) is 0 Å². The highest BCUT2D eigenvalue weighted by Crippen LogP contribution is 2.20. The Morgan fingerprint density at radius 2 is 2.29 bits per heavy atom. The first-order valence-corrected chi connectivity index (χ1v) is 5.88. The van der Waals surface area contributed by atoms with Crippen molar-refractivity contribution in [2.75, 3.05) is 13.1 Å². The molecule has 4 nitrogen and oxygen atoms in total. The van der Waals surface area contributed by atoms with E-state index in [4.69, 9.17) is 5.11 Å². The highest BCUT2D eigenvalue weighted by molar-refractivity contribution is 5.70. The van der Waals surface area contributed by atoms with Gasteiger partial charge in [0.1, 0.15) is 5.75 Å². The standard InChI is InChI=1S/C13H17NO3/c15-12-5-1-3-10(7-12)8-14-6-2-4-11(9-14)13(16)17/h1,3,5,7,11,15H,2,4,6,8-9H2,(H,16,17)/t11-/m1/s1. The van der Waals surface area contributed by atoms with Gasteiger partial charge in [0.05, 0.1) is 5.92 Å². The van der Waals surface area contributed by atoms with Gasteiger partial charge in [-0.05, 0) is 37.1 Å². The van der Waals surface area contributed by atoms with E-state index < -0.39 is 5.97 Å². The van der Waals surface area contributed by atoms with Gasteiger partial charge >= 0.3 is 5.97 Å². The Bertz CT molecular complexity index is 405. The molecule has 1 heterocycles. The van der Waals surface area contributed by atoms with Crippen molar-refractivity contribution in [2.24, 2.45) is 5.92 Å². The van der Waals surface area contributed by atoms with Crippen LogP contribution < -0.4 is 0 Å². The summed E-state index contributed by atoms with van der Waals surface area (Å²) in [6.45, 7) is 2.24. The maximum absolute atomic E-state index is 10.9. The summed E-state index contributed by atoms with van der Waals surface area (Å²) < 4.78 is 0. The molecular weight excluding hydrogens is 218 g/mol. The van der Waals surface area contributed by atoms with Crippen LogP contribution in [-0.2, 0) is 11.3 Å². The zero-order chi connectivity index (χ0) is 12.3. The maximum atomic E-state index is 10.9. The molecule has 1 fully saturated rings. The van der Waals surface area contributed by atoms with Crippen LogP contribution in [0, 0.1) is 5.92 Å². The van der Waals surface area contributed by atoms with Crippen molar-refractivity contribution in [2.45, 2.75) is 19.4 Å². The van der Waals surface area contributed by atoms with Gasteiger partial charge in [-0.3, -0.25) is 9.69 Å². The topological polar surface area (TPSA) is 60.8 Å². The first-order chi connectivity index (χ1) is 8.15. The van der Waals surface area contributed by atoms with Gasteiger partial charge in [0.15, 0.2) is 0 Å². The van der Waals surface area contributed by atoms with E-state index in [1.165, 1.54) is 0 Å². The van der Waals surface area contributed by atoms with E-state index in [9.17, 15) is 9.90 Å². The largest absolute Gasteiger partial charge is 0.508 e. The number of phenols is 1. The van der Waals surface area contributed by atoms with Crippen molar-refractivity contribution >= 4 is 5.97 Å². The third-order valence-electron chi connectivity index (χ3n) is 3.17. The van der Waals surface area contributed by atoms with Crippen molar-refractivity contribution in [1.29, 1.82) is 0 Å². The van der Waals surface area contributed by atoms with Gasteiger partial charge < -0.3 is 10.2 Å². The number of benzene rings is 1. The summed E-state index contributed by atoms with van der Waals surface area (Å²) in [6, 6.07) is 7.12. The molecule has 2 rings (SSSR count). The average Bonchev–Trinajstić information content (AvgIpc) is 2.29. The molecule has 2 N–H and O–H groups in total. The van der Waals surface area contributed by atoms with E-state index in [0.717, 1.165) is 24.9 Å². The smallest absolute Gasteiger partial charge is 0.307 e. The van der Waals surface area contributed by atoms with Gasteiger partial charge in [-0.25, -0.2) is 0 Å². The molecular formula is C13H17NO3. The van der Waals surface area contributed by atoms with Crippen molar-refractivity contribution in [3.63, 3.8) is 0 Å². The van der Waals surface area contributed by atoms with Crippen molar-refractivity contribution in [3.8, 4) is 5.75 Å². The molecule has 0 bridgehead atoms. The van der Waals surface area contributed by atoms with E-state index in [1.54, 1.807) is 12.1 Å².